The van der Waals surface area contributed by atoms with Crippen molar-refractivity contribution in [1.82, 2.24) is 0 Å². The molecule has 23 heavy (non-hydrogen) atoms. The molecule has 0 aromatic carbocycles. The highest BCUT2D eigenvalue weighted by molar-refractivity contribution is 5.91. The number of hydrogen-bond acceptors (Lipinski definition) is 2. The lowest BCUT2D eigenvalue weighted by atomic mass is 9.47. The summed E-state index contributed by atoms with van der Waals surface area (Å²) in [6, 6.07) is 0. The van der Waals surface area contributed by atoms with E-state index in [1.165, 1.54) is 18.4 Å². The van der Waals surface area contributed by atoms with E-state index in [0.717, 1.165) is 19.3 Å². The first kappa shape index (κ1) is 15.8. The van der Waals surface area contributed by atoms with Crippen LogP contribution in [-0.4, -0.2) is 23.2 Å². The van der Waals surface area contributed by atoms with E-state index in [-0.39, 0.29) is 23.0 Å². The maximum atomic E-state index is 14.2. The standard InChI is InChI=1S/C20H29FO2/c1-11-4-6-19(2)12(8-11)9-16(22)17-13(19)5-7-20(3)14(17)10-15(21)18(20)23/h9,11,13-17,22H,4-8,10H2,1-3H3/t11-,13-,14-,15+,16?,17+,19-,20-/m0/s1. The van der Waals surface area contributed by atoms with Crippen molar-refractivity contribution in [2.24, 2.45) is 34.5 Å². The Morgan fingerprint density at radius 3 is 2.61 bits per heavy atom. The van der Waals surface area contributed by atoms with Crippen LogP contribution in [0.5, 0.6) is 0 Å². The lowest BCUT2D eigenvalue weighted by Gasteiger charge is -2.58. The zero-order chi connectivity index (χ0) is 16.6. The summed E-state index contributed by atoms with van der Waals surface area (Å²) in [6.07, 6.45) is 5.82. The van der Waals surface area contributed by atoms with Gasteiger partial charge in [0, 0.05) is 5.41 Å². The van der Waals surface area contributed by atoms with E-state index in [0.29, 0.717) is 18.3 Å². The van der Waals surface area contributed by atoms with Gasteiger partial charge in [0.05, 0.1) is 6.10 Å². The number of alkyl halides is 1. The minimum absolute atomic E-state index is 0.00715. The van der Waals surface area contributed by atoms with Crippen LogP contribution in [0.25, 0.3) is 0 Å². The molecule has 0 spiro atoms. The van der Waals surface area contributed by atoms with Crippen molar-refractivity contribution in [3.05, 3.63) is 11.6 Å². The van der Waals surface area contributed by atoms with E-state index in [9.17, 15) is 14.3 Å². The Labute approximate surface area is 138 Å². The van der Waals surface area contributed by atoms with E-state index in [4.69, 9.17) is 0 Å². The van der Waals surface area contributed by atoms with Crippen LogP contribution < -0.4 is 0 Å². The van der Waals surface area contributed by atoms with Crippen molar-refractivity contribution < 1.29 is 14.3 Å². The number of rotatable bonds is 0. The first-order chi connectivity index (χ1) is 10.8. The van der Waals surface area contributed by atoms with E-state index in [1.54, 1.807) is 0 Å². The summed E-state index contributed by atoms with van der Waals surface area (Å²) in [5, 5.41) is 10.9. The molecule has 0 aliphatic heterocycles. The van der Waals surface area contributed by atoms with Gasteiger partial charge in [-0.05, 0) is 67.6 Å². The van der Waals surface area contributed by atoms with Crippen LogP contribution in [0.1, 0.15) is 59.3 Å². The zero-order valence-corrected chi connectivity index (χ0v) is 14.5. The van der Waals surface area contributed by atoms with E-state index in [2.05, 4.69) is 19.9 Å². The third-order valence-electron chi connectivity index (χ3n) is 8.07. The Bertz CT molecular complexity index is 570. The molecule has 3 saturated carbocycles. The van der Waals surface area contributed by atoms with Crippen LogP contribution in [-0.2, 0) is 4.79 Å². The Morgan fingerprint density at radius 2 is 1.87 bits per heavy atom. The highest BCUT2D eigenvalue weighted by Crippen LogP contribution is 2.64. The molecule has 3 fully saturated rings. The molecular formula is C20H29FO2. The number of Topliss-reactive ketones (excluding diaryl/α,β-unsaturated/α-hetero) is 1. The molecule has 0 saturated heterocycles. The minimum atomic E-state index is -1.32. The highest BCUT2D eigenvalue weighted by Gasteiger charge is 2.63. The second-order valence-electron chi connectivity index (χ2n) is 9.26. The van der Waals surface area contributed by atoms with Crippen molar-refractivity contribution in [3.8, 4) is 0 Å². The number of aliphatic hydroxyl groups is 1. The first-order valence-electron chi connectivity index (χ1n) is 9.35. The maximum Gasteiger partial charge on any atom is 0.173 e. The lowest BCUT2D eigenvalue weighted by molar-refractivity contribution is -0.137. The monoisotopic (exact) mass is 320 g/mol. The van der Waals surface area contributed by atoms with Crippen molar-refractivity contribution in [2.75, 3.05) is 0 Å². The fourth-order valence-electron chi connectivity index (χ4n) is 6.59. The Kier molecular flexibility index (Phi) is 3.37. The average Bonchev–Trinajstić information content (AvgIpc) is 2.73. The molecule has 0 amide bonds. The number of ketones is 1. The van der Waals surface area contributed by atoms with Crippen LogP contribution in [0.2, 0.25) is 0 Å². The van der Waals surface area contributed by atoms with Crippen LogP contribution in [0.15, 0.2) is 11.6 Å². The number of carbonyl (C=O) groups excluding carboxylic acids is 1. The van der Waals surface area contributed by atoms with Crippen LogP contribution >= 0.6 is 0 Å². The molecule has 3 heteroatoms. The number of aliphatic hydroxyl groups excluding tert-OH is 1. The average molecular weight is 320 g/mol. The second kappa shape index (κ2) is 4.91. The molecule has 1 N–H and O–H groups in total. The summed E-state index contributed by atoms with van der Waals surface area (Å²) in [4.78, 5) is 12.4. The van der Waals surface area contributed by atoms with Gasteiger partial charge in [0.2, 0.25) is 0 Å². The Hall–Kier alpha value is -0.700. The van der Waals surface area contributed by atoms with Gasteiger partial charge in [-0.2, -0.15) is 0 Å². The van der Waals surface area contributed by atoms with E-state index >= 15 is 0 Å². The number of halogens is 1. The summed E-state index contributed by atoms with van der Waals surface area (Å²) in [5.41, 5.74) is 1.02. The molecule has 2 nitrogen and oxygen atoms in total. The molecule has 1 unspecified atom stereocenters. The molecular weight excluding hydrogens is 291 g/mol. The summed E-state index contributed by atoms with van der Waals surface area (Å²) < 4.78 is 14.2. The predicted octanol–water partition coefficient (Wildman–Crippen LogP) is 4.07. The van der Waals surface area contributed by atoms with E-state index in [1.807, 2.05) is 6.92 Å². The van der Waals surface area contributed by atoms with Gasteiger partial charge in [0.25, 0.3) is 0 Å². The quantitative estimate of drug-likeness (QED) is 0.683. The third-order valence-corrected chi connectivity index (χ3v) is 8.07. The van der Waals surface area contributed by atoms with Gasteiger partial charge in [-0.1, -0.05) is 32.4 Å². The molecule has 8 atom stereocenters. The fraction of sp³-hybridized carbons (Fsp3) is 0.850. The minimum Gasteiger partial charge on any atom is -0.389 e. The van der Waals surface area contributed by atoms with E-state index < -0.39 is 17.7 Å². The lowest BCUT2D eigenvalue weighted by Crippen LogP contribution is -2.54. The Balaban J connectivity index is 1.75. The molecule has 4 rings (SSSR count). The summed E-state index contributed by atoms with van der Waals surface area (Å²) in [5.74, 6) is 0.954. The molecule has 4 aliphatic rings. The highest BCUT2D eigenvalue weighted by atomic mass is 19.1. The summed E-state index contributed by atoms with van der Waals surface area (Å²) in [6.45, 7) is 6.60. The van der Waals surface area contributed by atoms with Gasteiger partial charge >= 0.3 is 0 Å². The third kappa shape index (κ3) is 1.98. The summed E-state index contributed by atoms with van der Waals surface area (Å²) in [7, 11) is 0. The van der Waals surface area contributed by atoms with Gasteiger partial charge in [-0.15, -0.1) is 0 Å². The molecule has 0 aromatic heterocycles. The number of carbonyl (C=O) groups is 1. The van der Waals surface area contributed by atoms with Crippen LogP contribution in [0, 0.1) is 34.5 Å². The number of hydrogen-bond donors (Lipinski definition) is 1. The second-order valence-corrected chi connectivity index (χ2v) is 9.26. The topological polar surface area (TPSA) is 37.3 Å². The van der Waals surface area contributed by atoms with Gasteiger partial charge in [-0.3, -0.25) is 4.79 Å². The smallest absolute Gasteiger partial charge is 0.173 e. The van der Waals surface area contributed by atoms with Crippen LogP contribution in [0.4, 0.5) is 4.39 Å². The molecule has 0 bridgehead atoms. The molecule has 0 radical (unpaired) electrons. The molecule has 4 aliphatic carbocycles. The van der Waals surface area contributed by atoms with Gasteiger partial charge in [0.15, 0.2) is 12.0 Å². The van der Waals surface area contributed by atoms with Crippen molar-refractivity contribution in [1.29, 1.82) is 0 Å². The molecule has 0 aromatic rings. The van der Waals surface area contributed by atoms with Crippen molar-refractivity contribution in [3.63, 3.8) is 0 Å². The first-order valence-corrected chi connectivity index (χ1v) is 9.35. The van der Waals surface area contributed by atoms with Crippen molar-refractivity contribution >= 4 is 5.78 Å². The molecule has 128 valence electrons. The maximum absolute atomic E-state index is 14.2. The number of fused-ring (bicyclic) bond motifs is 5. The molecule has 0 heterocycles. The number of allylic oxidation sites excluding steroid dienone is 1. The summed E-state index contributed by atoms with van der Waals surface area (Å²) >= 11 is 0. The SMILES string of the molecule is C[C@H]1CC[C@@]2(C)C(=CC(O)[C@@H]3[C@@H]2CC[C@]2(C)C(=O)[C@H](F)C[C@@H]32)C1. The van der Waals surface area contributed by atoms with Gasteiger partial charge in [0.1, 0.15) is 0 Å². The van der Waals surface area contributed by atoms with Crippen LogP contribution in [0.3, 0.4) is 0 Å². The Morgan fingerprint density at radius 1 is 1.17 bits per heavy atom. The van der Waals surface area contributed by atoms with Gasteiger partial charge in [-0.25, -0.2) is 4.39 Å². The van der Waals surface area contributed by atoms with Crippen molar-refractivity contribution in [2.45, 2.75) is 71.6 Å². The van der Waals surface area contributed by atoms with Gasteiger partial charge < -0.3 is 5.11 Å². The predicted molar refractivity (Wildman–Crippen MR) is 87.5 cm³/mol. The normalized spacial score (nSPS) is 55.7. The fourth-order valence-corrected chi connectivity index (χ4v) is 6.59. The zero-order valence-electron chi connectivity index (χ0n) is 14.5. The largest absolute Gasteiger partial charge is 0.389 e.